The zero-order valence-corrected chi connectivity index (χ0v) is 18.7. The molecule has 1 atom stereocenters. The van der Waals surface area contributed by atoms with Crippen LogP contribution in [0.1, 0.15) is 124 Å². The molecule has 0 fully saturated rings. The van der Waals surface area contributed by atoms with Gasteiger partial charge in [0, 0.05) is 5.92 Å². The van der Waals surface area contributed by atoms with Crippen LogP contribution in [0.15, 0.2) is 4.99 Å². The van der Waals surface area contributed by atoms with Crippen LogP contribution in [-0.2, 0) is 4.74 Å². The predicted molar refractivity (Wildman–Crippen MR) is 120 cm³/mol. The molecule has 1 N–H and O–H groups in total. The van der Waals surface area contributed by atoms with Crippen molar-refractivity contribution in [2.75, 3.05) is 13.2 Å². The molecule has 1 unspecified atom stereocenters. The molecule has 27 heavy (non-hydrogen) atoms. The SMILES string of the molecule is CCCCCCCCCCCCCCCCCCNC1COC(C(C)C)=N1. The monoisotopic (exact) mass is 380 g/mol. The van der Waals surface area contributed by atoms with Crippen LogP contribution in [0.25, 0.3) is 0 Å². The van der Waals surface area contributed by atoms with Gasteiger partial charge in [-0.1, -0.05) is 117 Å². The van der Waals surface area contributed by atoms with Crippen LogP contribution in [0, 0.1) is 5.92 Å². The number of ether oxygens (including phenoxy) is 1. The Kier molecular flexibility index (Phi) is 15.9. The lowest BCUT2D eigenvalue weighted by molar-refractivity contribution is 0.285. The number of unbranched alkanes of at least 4 members (excludes halogenated alkanes) is 15. The van der Waals surface area contributed by atoms with Gasteiger partial charge in [-0.3, -0.25) is 5.32 Å². The van der Waals surface area contributed by atoms with Crippen LogP contribution in [0.5, 0.6) is 0 Å². The molecule has 0 bridgehead atoms. The molecule has 0 saturated carbocycles. The Balaban J connectivity index is 1.73. The standard InChI is InChI=1S/C24H48N2O/c1-4-5-6-7-8-9-10-11-12-13-14-15-16-17-18-19-20-25-23-21-27-24(26-23)22(2)3/h22-23,25H,4-21H2,1-3H3. The molecule has 1 rings (SSSR count). The lowest BCUT2D eigenvalue weighted by atomic mass is 10.0. The first-order valence-corrected chi connectivity index (χ1v) is 12.2. The summed E-state index contributed by atoms with van der Waals surface area (Å²) in [6, 6.07) is 0. The van der Waals surface area contributed by atoms with Gasteiger partial charge in [0.25, 0.3) is 0 Å². The molecule has 0 spiro atoms. The molecule has 0 aromatic heterocycles. The number of nitrogens with zero attached hydrogens (tertiary/aromatic N) is 1. The van der Waals surface area contributed by atoms with E-state index in [1.807, 2.05) is 0 Å². The van der Waals surface area contributed by atoms with Crippen LogP contribution in [0.3, 0.4) is 0 Å². The zero-order valence-electron chi connectivity index (χ0n) is 18.7. The smallest absolute Gasteiger partial charge is 0.187 e. The Morgan fingerprint density at radius 2 is 1.22 bits per heavy atom. The fourth-order valence-electron chi connectivity index (χ4n) is 3.75. The van der Waals surface area contributed by atoms with E-state index in [-0.39, 0.29) is 6.17 Å². The maximum atomic E-state index is 5.60. The molecular formula is C24H48N2O. The van der Waals surface area contributed by atoms with Gasteiger partial charge in [0.1, 0.15) is 12.8 Å². The third-order valence-electron chi connectivity index (χ3n) is 5.58. The minimum absolute atomic E-state index is 0.193. The van der Waals surface area contributed by atoms with Crippen molar-refractivity contribution in [3.05, 3.63) is 0 Å². The minimum atomic E-state index is 0.193. The van der Waals surface area contributed by atoms with Crippen molar-refractivity contribution in [2.24, 2.45) is 10.9 Å². The largest absolute Gasteiger partial charge is 0.477 e. The maximum absolute atomic E-state index is 5.60. The molecule has 3 heteroatoms. The second-order valence-electron chi connectivity index (χ2n) is 8.71. The number of aliphatic imine (C=N–C) groups is 1. The quantitative estimate of drug-likeness (QED) is 0.239. The molecule has 0 aromatic carbocycles. The molecule has 1 aliphatic heterocycles. The number of rotatable bonds is 19. The third-order valence-corrected chi connectivity index (χ3v) is 5.58. The zero-order chi connectivity index (χ0) is 19.6. The first kappa shape index (κ1) is 24.5. The first-order valence-electron chi connectivity index (χ1n) is 12.2. The van der Waals surface area contributed by atoms with Crippen molar-refractivity contribution >= 4 is 5.90 Å². The van der Waals surface area contributed by atoms with Crippen molar-refractivity contribution in [3.8, 4) is 0 Å². The van der Waals surface area contributed by atoms with E-state index >= 15 is 0 Å². The summed E-state index contributed by atoms with van der Waals surface area (Å²) in [6.07, 6.45) is 23.0. The first-order chi connectivity index (χ1) is 13.2. The van der Waals surface area contributed by atoms with Crippen molar-refractivity contribution in [2.45, 2.75) is 130 Å². The van der Waals surface area contributed by atoms with Gasteiger partial charge in [0.15, 0.2) is 5.90 Å². The van der Waals surface area contributed by atoms with Crippen LogP contribution < -0.4 is 5.32 Å². The topological polar surface area (TPSA) is 33.6 Å². The Morgan fingerprint density at radius 3 is 1.63 bits per heavy atom. The van der Waals surface area contributed by atoms with Crippen LogP contribution in [0.2, 0.25) is 0 Å². The summed E-state index contributed by atoms with van der Waals surface area (Å²) in [7, 11) is 0. The lowest BCUT2D eigenvalue weighted by Crippen LogP contribution is -2.29. The number of hydrogen-bond donors (Lipinski definition) is 1. The van der Waals surface area contributed by atoms with E-state index in [4.69, 9.17) is 4.74 Å². The molecule has 1 aliphatic rings. The summed E-state index contributed by atoms with van der Waals surface area (Å²) in [6.45, 7) is 8.35. The Hall–Kier alpha value is -0.570. The van der Waals surface area contributed by atoms with Gasteiger partial charge in [-0.25, -0.2) is 4.99 Å². The van der Waals surface area contributed by atoms with Crippen LogP contribution >= 0.6 is 0 Å². The summed E-state index contributed by atoms with van der Waals surface area (Å²) in [5.74, 6) is 1.33. The third kappa shape index (κ3) is 14.1. The molecule has 0 saturated heterocycles. The molecular weight excluding hydrogens is 332 g/mol. The van der Waals surface area contributed by atoms with E-state index in [0.717, 1.165) is 12.4 Å². The van der Waals surface area contributed by atoms with E-state index in [1.165, 1.54) is 103 Å². The Bertz CT molecular complexity index is 354. The lowest BCUT2D eigenvalue weighted by Gasteiger charge is -2.07. The van der Waals surface area contributed by atoms with Crippen molar-refractivity contribution in [1.29, 1.82) is 0 Å². The van der Waals surface area contributed by atoms with Gasteiger partial charge in [0.05, 0.1) is 0 Å². The molecule has 1 heterocycles. The summed E-state index contributed by atoms with van der Waals surface area (Å²) < 4.78 is 5.60. The van der Waals surface area contributed by atoms with E-state index in [1.54, 1.807) is 0 Å². The minimum Gasteiger partial charge on any atom is -0.477 e. The van der Waals surface area contributed by atoms with Crippen molar-refractivity contribution in [1.82, 2.24) is 5.32 Å². The predicted octanol–water partition coefficient (Wildman–Crippen LogP) is 7.25. The Labute approximate surface area is 170 Å². The van der Waals surface area contributed by atoms with Crippen molar-refractivity contribution < 1.29 is 4.74 Å². The van der Waals surface area contributed by atoms with Gasteiger partial charge in [-0.15, -0.1) is 0 Å². The summed E-state index contributed by atoms with van der Waals surface area (Å²) >= 11 is 0. The summed E-state index contributed by atoms with van der Waals surface area (Å²) in [5.41, 5.74) is 0. The highest BCUT2D eigenvalue weighted by atomic mass is 16.5. The van der Waals surface area contributed by atoms with Gasteiger partial charge in [-0.2, -0.15) is 0 Å². The van der Waals surface area contributed by atoms with E-state index in [2.05, 4.69) is 31.1 Å². The molecule has 160 valence electrons. The highest BCUT2D eigenvalue weighted by molar-refractivity contribution is 5.79. The molecule has 0 aliphatic carbocycles. The summed E-state index contributed by atoms with van der Waals surface area (Å²) in [5, 5.41) is 3.50. The second-order valence-corrected chi connectivity index (χ2v) is 8.71. The van der Waals surface area contributed by atoms with Gasteiger partial charge < -0.3 is 4.74 Å². The fourth-order valence-corrected chi connectivity index (χ4v) is 3.75. The fraction of sp³-hybridized carbons (Fsp3) is 0.958. The van der Waals surface area contributed by atoms with Crippen molar-refractivity contribution in [3.63, 3.8) is 0 Å². The number of hydrogen-bond acceptors (Lipinski definition) is 3. The molecule has 0 radical (unpaired) electrons. The normalized spacial score (nSPS) is 16.7. The summed E-state index contributed by atoms with van der Waals surface area (Å²) in [4.78, 5) is 4.58. The second kappa shape index (κ2) is 17.5. The number of nitrogens with one attached hydrogen (secondary N) is 1. The average molecular weight is 381 g/mol. The van der Waals surface area contributed by atoms with E-state index in [0.29, 0.717) is 12.5 Å². The van der Waals surface area contributed by atoms with Gasteiger partial charge in [0.2, 0.25) is 0 Å². The molecule has 0 aromatic rings. The highest BCUT2D eigenvalue weighted by Gasteiger charge is 2.19. The van der Waals surface area contributed by atoms with Gasteiger partial charge >= 0.3 is 0 Å². The van der Waals surface area contributed by atoms with Gasteiger partial charge in [-0.05, 0) is 13.0 Å². The Morgan fingerprint density at radius 1 is 0.778 bits per heavy atom. The molecule has 3 nitrogen and oxygen atoms in total. The van der Waals surface area contributed by atoms with Crippen LogP contribution in [-0.4, -0.2) is 25.2 Å². The maximum Gasteiger partial charge on any atom is 0.187 e. The molecule has 0 amide bonds. The highest BCUT2D eigenvalue weighted by Crippen LogP contribution is 2.14. The van der Waals surface area contributed by atoms with E-state index < -0.39 is 0 Å². The van der Waals surface area contributed by atoms with Crippen LogP contribution in [0.4, 0.5) is 0 Å². The average Bonchev–Trinajstić information content (AvgIpc) is 3.13. The van der Waals surface area contributed by atoms with E-state index in [9.17, 15) is 0 Å².